The third-order valence-corrected chi connectivity index (χ3v) is 3.52. The number of thioether (sulfide) groups is 1. The van der Waals surface area contributed by atoms with Crippen molar-refractivity contribution in [3.8, 4) is 0 Å². The molecule has 0 aromatic carbocycles. The third kappa shape index (κ3) is 5.03. The van der Waals surface area contributed by atoms with Crippen molar-refractivity contribution in [1.29, 1.82) is 0 Å². The van der Waals surface area contributed by atoms with Crippen LogP contribution in [0.1, 0.15) is 26.1 Å². The van der Waals surface area contributed by atoms with Gasteiger partial charge in [0.25, 0.3) is 0 Å². The molecule has 0 aliphatic heterocycles. The molecule has 0 unspecified atom stereocenters. The fraction of sp³-hybridized carbons (Fsp3) is 0.769. The Hall–Kier alpha value is -1.24. The highest BCUT2D eigenvalue weighted by Crippen LogP contribution is 2.16. The molecular formula is C13H26N6S. The minimum absolute atomic E-state index is 0.594. The summed E-state index contributed by atoms with van der Waals surface area (Å²) in [4.78, 5) is 4.08. The van der Waals surface area contributed by atoms with Gasteiger partial charge in [-0.15, -0.1) is 10.2 Å². The van der Waals surface area contributed by atoms with Crippen LogP contribution in [0.25, 0.3) is 0 Å². The van der Waals surface area contributed by atoms with Gasteiger partial charge in [-0.1, -0.05) is 25.6 Å². The van der Waals surface area contributed by atoms with E-state index in [0.717, 1.165) is 42.9 Å². The minimum Gasteiger partial charge on any atom is -0.359 e. The van der Waals surface area contributed by atoms with Gasteiger partial charge >= 0.3 is 0 Å². The summed E-state index contributed by atoms with van der Waals surface area (Å²) in [5, 5.41) is 15.8. The van der Waals surface area contributed by atoms with Crippen molar-refractivity contribution in [2.24, 2.45) is 10.9 Å². The van der Waals surface area contributed by atoms with Gasteiger partial charge in [-0.3, -0.25) is 4.99 Å². The summed E-state index contributed by atoms with van der Waals surface area (Å²) in [7, 11) is 3.63. The Morgan fingerprint density at radius 1 is 1.40 bits per heavy atom. The van der Waals surface area contributed by atoms with Crippen LogP contribution in [0.4, 0.5) is 0 Å². The maximum Gasteiger partial charge on any atom is 0.190 e. The summed E-state index contributed by atoms with van der Waals surface area (Å²) in [6.07, 6.45) is 3.97. The first kappa shape index (κ1) is 16.8. The van der Waals surface area contributed by atoms with Crippen LogP contribution in [-0.4, -0.2) is 47.6 Å². The molecule has 0 atom stereocenters. The lowest BCUT2D eigenvalue weighted by Gasteiger charge is -2.12. The lowest BCUT2D eigenvalue weighted by atomic mass is 10.2. The molecule has 1 aromatic heterocycles. The first-order valence-electron chi connectivity index (χ1n) is 6.96. The number of hydrogen-bond acceptors (Lipinski definition) is 4. The van der Waals surface area contributed by atoms with Crippen molar-refractivity contribution in [3.63, 3.8) is 0 Å². The Morgan fingerprint density at radius 2 is 2.15 bits per heavy atom. The van der Waals surface area contributed by atoms with Crippen LogP contribution in [0.2, 0.25) is 0 Å². The van der Waals surface area contributed by atoms with Gasteiger partial charge in [-0.05, 0) is 18.6 Å². The molecule has 0 aliphatic carbocycles. The molecular weight excluding hydrogens is 272 g/mol. The molecule has 1 aromatic rings. The summed E-state index contributed by atoms with van der Waals surface area (Å²) < 4.78 is 2.24. The summed E-state index contributed by atoms with van der Waals surface area (Å²) in [6, 6.07) is 0. The Labute approximate surface area is 125 Å². The van der Waals surface area contributed by atoms with Gasteiger partial charge in [-0.25, -0.2) is 0 Å². The van der Waals surface area contributed by atoms with Gasteiger partial charge in [0, 0.05) is 33.6 Å². The highest BCUT2D eigenvalue weighted by atomic mass is 32.2. The van der Waals surface area contributed by atoms with Crippen molar-refractivity contribution >= 4 is 17.7 Å². The predicted molar refractivity (Wildman–Crippen MR) is 85.4 cm³/mol. The number of hydrogen-bond donors (Lipinski definition) is 2. The molecule has 0 amide bonds. The van der Waals surface area contributed by atoms with Crippen molar-refractivity contribution in [1.82, 2.24) is 25.4 Å². The second-order valence-corrected chi connectivity index (χ2v) is 5.73. The predicted octanol–water partition coefficient (Wildman–Crippen LogP) is 1.38. The number of aliphatic imine (C=N–C) groups is 1. The van der Waals surface area contributed by atoms with Crippen LogP contribution in [0.3, 0.4) is 0 Å². The quantitative estimate of drug-likeness (QED) is 0.344. The van der Waals surface area contributed by atoms with E-state index in [4.69, 9.17) is 0 Å². The lowest BCUT2D eigenvalue weighted by molar-refractivity contribution is 0.477. The summed E-state index contributed by atoms with van der Waals surface area (Å²) >= 11 is 1.65. The minimum atomic E-state index is 0.594. The van der Waals surface area contributed by atoms with E-state index in [-0.39, 0.29) is 0 Å². The standard InChI is InChI=1S/C13H26N6S/c1-10(2)9-19-11(17-18-13(19)20-5)7-6-8-16-12(14-3)15-4/h10H,6-9H2,1-5H3,(H2,14,15,16). The maximum atomic E-state index is 4.32. The number of aromatic nitrogens is 3. The van der Waals surface area contributed by atoms with Gasteiger partial charge in [0.1, 0.15) is 5.82 Å². The van der Waals surface area contributed by atoms with Crippen LogP contribution < -0.4 is 10.6 Å². The highest BCUT2D eigenvalue weighted by Gasteiger charge is 2.12. The SMILES string of the molecule is CN=C(NC)NCCCc1nnc(SC)n1CC(C)C. The molecule has 0 saturated carbocycles. The van der Waals surface area contributed by atoms with E-state index in [2.05, 4.69) is 44.2 Å². The molecule has 6 nitrogen and oxygen atoms in total. The van der Waals surface area contributed by atoms with E-state index in [1.54, 1.807) is 18.8 Å². The Kier molecular flexibility index (Phi) is 7.43. The normalized spacial score (nSPS) is 12.0. The molecule has 0 bridgehead atoms. The Balaban J connectivity index is 2.53. The van der Waals surface area contributed by atoms with Crippen LogP contribution >= 0.6 is 11.8 Å². The van der Waals surface area contributed by atoms with Gasteiger partial charge in [-0.2, -0.15) is 0 Å². The molecule has 7 heteroatoms. The average Bonchev–Trinajstić information content (AvgIpc) is 2.80. The topological polar surface area (TPSA) is 67.1 Å². The van der Waals surface area contributed by atoms with E-state index in [1.165, 1.54) is 0 Å². The first-order chi connectivity index (χ1) is 9.62. The van der Waals surface area contributed by atoms with Crippen LogP contribution in [0, 0.1) is 5.92 Å². The monoisotopic (exact) mass is 298 g/mol. The molecule has 20 heavy (non-hydrogen) atoms. The summed E-state index contributed by atoms with van der Waals surface area (Å²) in [5.41, 5.74) is 0. The molecule has 1 heterocycles. The van der Waals surface area contributed by atoms with E-state index >= 15 is 0 Å². The molecule has 2 N–H and O–H groups in total. The van der Waals surface area contributed by atoms with Gasteiger partial charge in [0.05, 0.1) is 0 Å². The first-order valence-corrected chi connectivity index (χ1v) is 8.19. The second kappa shape index (κ2) is 8.84. The molecule has 1 rings (SSSR count). The number of nitrogens with one attached hydrogen (secondary N) is 2. The van der Waals surface area contributed by atoms with Crippen LogP contribution in [0.15, 0.2) is 10.1 Å². The van der Waals surface area contributed by atoms with Gasteiger partial charge in [0.2, 0.25) is 0 Å². The lowest BCUT2D eigenvalue weighted by Crippen LogP contribution is -2.35. The van der Waals surface area contributed by atoms with Crippen molar-refractivity contribution in [2.75, 3.05) is 26.9 Å². The second-order valence-electron chi connectivity index (χ2n) is 4.96. The maximum absolute atomic E-state index is 4.32. The fourth-order valence-corrected chi connectivity index (χ4v) is 2.46. The zero-order valence-corrected chi connectivity index (χ0v) is 13.9. The van der Waals surface area contributed by atoms with Crippen molar-refractivity contribution in [3.05, 3.63) is 5.82 Å². The largest absolute Gasteiger partial charge is 0.359 e. The fourth-order valence-electron chi connectivity index (χ4n) is 1.94. The molecule has 0 saturated heterocycles. The van der Waals surface area contributed by atoms with Gasteiger partial charge < -0.3 is 15.2 Å². The molecule has 0 fully saturated rings. The zero-order chi connectivity index (χ0) is 15.0. The Bertz CT molecular complexity index is 426. The molecule has 0 spiro atoms. The van der Waals surface area contributed by atoms with Crippen LogP contribution in [-0.2, 0) is 13.0 Å². The van der Waals surface area contributed by atoms with E-state index in [0.29, 0.717) is 5.92 Å². The zero-order valence-electron chi connectivity index (χ0n) is 13.1. The number of guanidine groups is 1. The van der Waals surface area contributed by atoms with Crippen LogP contribution in [0.5, 0.6) is 0 Å². The summed E-state index contributed by atoms with van der Waals surface area (Å²) in [6.45, 7) is 6.28. The van der Waals surface area contributed by atoms with Crippen molar-refractivity contribution in [2.45, 2.75) is 38.4 Å². The van der Waals surface area contributed by atoms with E-state index < -0.39 is 0 Å². The molecule has 0 radical (unpaired) electrons. The smallest absolute Gasteiger partial charge is 0.190 e. The third-order valence-electron chi connectivity index (χ3n) is 2.85. The van der Waals surface area contributed by atoms with E-state index in [1.807, 2.05) is 13.3 Å². The Morgan fingerprint density at radius 3 is 2.70 bits per heavy atom. The number of nitrogens with zero attached hydrogens (tertiary/aromatic N) is 4. The van der Waals surface area contributed by atoms with Gasteiger partial charge in [0.15, 0.2) is 11.1 Å². The molecule has 0 aliphatic rings. The van der Waals surface area contributed by atoms with E-state index in [9.17, 15) is 0 Å². The number of aryl methyl sites for hydroxylation is 1. The number of rotatable bonds is 7. The van der Waals surface area contributed by atoms with Crippen molar-refractivity contribution < 1.29 is 0 Å². The molecule has 114 valence electrons. The average molecular weight is 298 g/mol. The summed E-state index contributed by atoms with van der Waals surface area (Å²) in [5.74, 6) is 2.49. The highest BCUT2D eigenvalue weighted by molar-refractivity contribution is 7.98.